The van der Waals surface area contributed by atoms with Crippen molar-refractivity contribution in [3.8, 4) is 0 Å². The van der Waals surface area contributed by atoms with Crippen molar-refractivity contribution < 1.29 is 9.31 Å². The molecule has 0 bridgehead atoms. The topological polar surface area (TPSA) is 57.4 Å². The summed E-state index contributed by atoms with van der Waals surface area (Å²) in [4.78, 5) is 4.36. The lowest BCUT2D eigenvalue weighted by Crippen LogP contribution is -2.41. The first kappa shape index (κ1) is 13.4. The number of nitrogens with zero attached hydrogens (tertiary/aromatic N) is 1. The van der Waals surface area contributed by atoms with E-state index in [1.807, 2.05) is 52.0 Å². The molecule has 0 atom stereocenters. The monoisotopic (exact) mass is 270 g/mol. The zero-order valence-corrected chi connectivity index (χ0v) is 12.3. The Morgan fingerprint density at radius 2 is 1.70 bits per heavy atom. The highest BCUT2D eigenvalue weighted by molar-refractivity contribution is 6.65. The Hall–Kier alpha value is -1.59. The van der Waals surface area contributed by atoms with Crippen molar-refractivity contribution in [1.82, 2.24) is 4.98 Å². The fourth-order valence-electron chi connectivity index (χ4n) is 2.36. The van der Waals surface area contributed by atoms with Crippen molar-refractivity contribution in [3.63, 3.8) is 0 Å². The van der Waals surface area contributed by atoms with Gasteiger partial charge in [0.15, 0.2) is 0 Å². The molecule has 1 saturated heterocycles. The molecule has 0 spiro atoms. The number of pyridine rings is 1. The molecule has 20 heavy (non-hydrogen) atoms. The lowest BCUT2D eigenvalue weighted by atomic mass is 9.77. The number of anilines is 1. The van der Waals surface area contributed by atoms with Crippen LogP contribution in [-0.4, -0.2) is 23.3 Å². The Labute approximate surface area is 119 Å². The van der Waals surface area contributed by atoms with Gasteiger partial charge in [0.2, 0.25) is 0 Å². The van der Waals surface area contributed by atoms with Gasteiger partial charge in [-0.3, -0.25) is 4.98 Å². The van der Waals surface area contributed by atoms with E-state index in [4.69, 9.17) is 15.0 Å². The first-order valence-corrected chi connectivity index (χ1v) is 6.80. The van der Waals surface area contributed by atoms with Gasteiger partial charge in [-0.05, 0) is 51.4 Å². The molecule has 1 aromatic heterocycles. The van der Waals surface area contributed by atoms with Gasteiger partial charge in [-0.1, -0.05) is 6.07 Å². The van der Waals surface area contributed by atoms with E-state index < -0.39 is 0 Å². The SMILES string of the molecule is CC1(C)OB(c2ccnc3cc(N)ccc23)OC1(C)C. The van der Waals surface area contributed by atoms with Crippen LogP contribution in [0.1, 0.15) is 27.7 Å². The average Bonchev–Trinajstić information content (AvgIpc) is 2.57. The van der Waals surface area contributed by atoms with E-state index in [0.29, 0.717) is 5.69 Å². The second-order valence-corrected chi connectivity index (χ2v) is 6.27. The Kier molecular flexibility index (Phi) is 2.82. The fraction of sp³-hybridized carbons (Fsp3) is 0.400. The summed E-state index contributed by atoms with van der Waals surface area (Å²) in [6.45, 7) is 8.20. The molecular weight excluding hydrogens is 251 g/mol. The number of nitrogen functional groups attached to an aromatic ring is 1. The standard InChI is InChI=1S/C15H19BN2O2/c1-14(2)15(3,4)20-16(19-14)12-7-8-18-13-9-10(17)5-6-11(12)13/h5-9H,17H2,1-4H3. The van der Waals surface area contributed by atoms with Gasteiger partial charge >= 0.3 is 7.12 Å². The molecule has 0 saturated carbocycles. The van der Waals surface area contributed by atoms with Crippen LogP contribution in [0.5, 0.6) is 0 Å². The molecule has 1 aliphatic rings. The molecule has 3 rings (SSSR count). The second-order valence-electron chi connectivity index (χ2n) is 6.27. The molecule has 4 nitrogen and oxygen atoms in total. The predicted molar refractivity (Wildman–Crippen MR) is 81.9 cm³/mol. The number of aromatic nitrogens is 1. The lowest BCUT2D eigenvalue weighted by Gasteiger charge is -2.32. The average molecular weight is 270 g/mol. The van der Waals surface area contributed by atoms with Crippen LogP contribution in [0.3, 0.4) is 0 Å². The maximum Gasteiger partial charge on any atom is 0.495 e. The van der Waals surface area contributed by atoms with Crippen molar-refractivity contribution in [2.75, 3.05) is 5.73 Å². The minimum absolute atomic E-state index is 0.346. The van der Waals surface area contributed by atoms with Crippen molar-refractivity contribution in [2.45, 2.75) is 38.9 Å². The van der Waals surface area contributed by atoms with Crippen LogP contribution < -0.4 is 11.2 Å². The van der Waals surface area contributed by atoms with E-state index in [9.17, 15) is 0 Å². The Morgan fingerprint density at radius 3 is 2.35 bits per heavy atom. The summed E-state index contributed by atoms with van der Waals surface area (Å²) in [6.07, 6.45) is 1.77. The van der Waals surface area contributed by atoms with Gasteiger partial charge in [0.25, 0.3) is 0 Å². The number of benzene rings is 1. The largest absolute Gasteiger partial charge is 0.495 e. The normalized spacial score (nSPS) is 20.5. The summed E-state index contributed by atoms with van der Waals surface area (Å²) in [5.74, 6) is 0. The molecule has 0 radical (unpaired) electrons. The molecule has 0 aliphatic carbocycles. The second kappa shape index (κ2) is 4.20. The van der Waals surface area contributed by atoms with Crippen molar-refractivity contribution in [3.05, 3.63) is 30.5 Å². The molecule has 2 N–H and O–H groups in total. The van der Waals surface area contributed by atoms with Crippen molar-refractivity contribution in [1.29, 1.82) is 0 Å². The number of rotatable bonds is 1. The molecule has 0 unspecified atom stereocenters. The highest BCUT2D eigenvalue weighted by Crippen LogP contribution is 2.36. The van der Waals surface area contributed by atoms with E-state index in [1.165, 1.54) is 0 Å². The van der Waals surface area contributed by atoms with Crippen LogP contribution in [0.2, 0.25) is 0 Å². The molecule has 5 heteroatoms. The number of hydrogen-bond acceptors (Lipinski definition) is 4. The molecule has 2 aromatic rings. The molecule has 1 aliphatic heterocycles. The zero-order valence-electron chi connectivity index (χ0n) is 12.3. The first-order chi connectivity index (χ1) is 9.30. The van der Waals surface area contributed by atoms with E-state index in [-0.39, 0.29) is 18.3 Å². The van der Waals surface area contributed by atoms with Crippen LogP contribution >= 0.6 is 0 Å². The minimum Gasteiger partial charge on any atom is -0.399 e. The molecule has 104 valence electrons. The number of nitrogens with two attached hydrogens (primary N) is 1. The van der Waals surface area contributed by atoms with Crippen molar-refractivity contribution in [2.24, 2.45) is 0 Å². The molecule has 0 amide bonds. The number of fused-ring (bicyclic) bond motifs is 1. The minimum atomic E-state index is -0.380. The summed E-state index contributed by atoms with van der Waals surface area (Å²) in [5.41, 5.74) is 7.68. The van der Waals surface area contributed by atoms with Crippen LogP contribution in [-0.2, 0) is 9.31 Å². The highest BCUT2D eigenvalue weighted by atomic mass is 16.7. The van der Waals surface area contributed by atoms with Crippen LogP contribution in [0, 0.1) is 0 Å². The quantitative estimate of drug-likeness (QED) is 0.637. The smallest absolute Gasteiger partial charge is 0.399 e. The summed E-state index contributed by atoms with van der Waals surface area (Å²) in [7, 11) is -0.380. The van der Waals surface area contributed by atoms with Crippen molar-refractivity contribution >= 4 is 29.2 Å². The van der Waals surface area contributed by atoms with Crippen LogP contribution in [0.4, 0.5) is 5.69 Å². The van der Waals surface area contributed by atoms with Gasteiger partial charge in [-0.25, -0.2) is 0 Å². The van der Waals surface area contributed by atoms with Gasteiger partial charge in [-0.15, -0.1) is 0 Å². The maximum atomic E-state index is 6.11. The molecule has 2 heterocycles. The molecule has 1 aromatic carbocycles. The van der Waals surface area contributed by atoms with E-state index in [2.05, 4.69) is 4.98 Å². The Balaban J connectivity index is 2.08. The third kappa shape index (κ3) is 1.98. The van der Waals surface area contributed by atoms with E-state index in [0.717, 1.165) is 16.4 Å². The van der Waals surface area contributed by atoms with Gasteiger partial charge in [0.1, 0.15) is 0 Å². The molecule has 1 fully saturated rings. The van der Waals surface area contributed by atoms with Crippen LogP contribution in [0.25, 0.3) is 10.9 Å². The highest BCUT2D eigenvalue weighted by Gasteiger charge is 2.52. The third-order valence-corrected chi connectivity index (χ3v) is 4.31. The lowest BCUT2D eigenvalue weighted by molar-refractivity contribution is 0.00578. The van der Waals surface area contributed by atoms with Gasteiger partial charge in [-0.2, -0.15) is 0 Å². The summed E-state index contributed by atoms with van der Waals surface area (Å²) >= 11 is 0. The van der Waals surface area contributed by atoms with E-state index in [1.54, 1.807) is 6.20 Å². The van der Waals surface area contributed by atoms with Gasteiger partial charge in [0.05, 0.1) is 16.7 Å². The Morgan fingerprint density at radius 1 is 1.05 bits per heavy atom. The molecular formula is C15H19BN2O2. The maximum absolute atomic E-state index is 6.11. The predicted octanol–water partition coefficient (Wildman–Crippen LogP) is 2.12. The van der Waals surface area contributed by atoms with Gasteiger partial charge in [0, 0.05) is 17.3 Å². The third-order valence-electron chi connectivity index (χ3n) is 4.31. The summed E-state index contributed by atoms with van der Waals surface area (Å²) < 4.78 is 12.2. The fourth-order valence-corrected chi connectivity index (χ4v) is 2.36. The Bertz CT molecular complexity index is 654. The zero-order chi connectivity index (χ0) is 14.5. The van der Waals surface area contributed by atoms with E-state index >= 15 is 0 Å². The summed E-state index contributed by atoms with van der Waals surface area (Å²) in [6, 6.07) is 7.65. The van der Waals surface area contributed by atoms with Gasteiger partial charge < -0.3 is 15.0 Å². The summed E-state index contributed by atoms with van der Waals surface area (Å²) in [5, 5.41) is 1.01. The van der Waals surface area contributed by atoms with Crippen LogP contribution in [0.15, 0.2) is 30.5 Å². The number of hydrogen-bond donors (Lipinski definition) is 1. The first-order valence-electron chi connectivity index (χ1n) is 6.80.